The Balaban J connectivity index is 1.67. The number of benzene rings is 3. The van der Waals surface area contributed by atoms with E-state index in [0.29, 0.717) is 0 Å². The van der Waals surface area contributed by atoms with Gasteiger partial charge in [0.25, 0.3) is 0 Å². The predicted molar refractivity (Wildman–Crippen MR) is 120 cm³/mol. The maximum Gasteiger partial charge on any atom is 0.0725 e. The summed E-state index contributed by atoms with van der Waals surface area (Å²) in [6.07, 6.45) is 7.66. The lowest BCUT2D eigenvalue weighted by atomic mass is 9.97. The average Bonchev–Trinajstić information content (AvgIpc) is 3.30. The van der Waals surface area contributed by atoms with E-state index < -0.39 is 0 Å². The fourth-order valence-electron chi connectivity index (χ4n) is 4.78. The van der Waals surface area contributed by atoms with Crippen LogP contribution in [0.25, 0.3) is 60.0 Å². The molecule has 0 amide bonds. The zero-order valence-electron chi connectivity index (χ0n) is 15.5. The molecule has 7 aromatic rings. The molecule has 0 N–H and O–H groups in total. The summed E-state index contributed by atoms with van der Waals surface area (Å²) in [5, 5.41) is 7.51. The molecular formula is C26H15N3. The van der Waals surface area contributed by atoms with E-state index in [2.05, 4.69) is 81.1 Å². The lowest BCUT2D eigenvalue weighted by Gasteiger charge is -2.06. The molecule has 3 heteroatoms. The number of rotatable bonds is 1. The molecule has 3 aromatic carbocycles. The van der Waals surface area contributed by atoms with Crippen LogP contribution in [0, 0.1) is 0 Å². The van der Waals surface area contributed by atoms with Crippen molar-refractivity contribution in [3.63, 3.8) is 0 Å². The lowest BCUT2D eigenvalue weighted by Crippen LogP contribution is -1.81. The molecule has 4 heterocycles. The smallest absolute Gasteiger partial charge is 0.0725 e. The van der Waals surface area contributed by atoms with Crippen molar-refractivity contribution in [2.75, 3.05) is 0 Å². The Kier molecular flexibility index (Phi) is 2.74. The highest BCUT2D eigenvalue weighted by molar-refractivity contribution is 6.24. The van der Waals surface area contributed by atoms with E-state index in [9.17, 15) is 0 Å². The second-order valence-corrected chi connectivity index (χ2v) is 7.60. The summed E-state index contributed by atoms with van der Waals surface area (Å²) in [7, 11) is 0. The zero-order chi connectivity index (χ0) is 18.9. The summed E-state index contributed by atoms with van der Waals surface area (Å²) in [5.41, 5.74) is 5.98. The van der Waals surface area contributed by atoms with E-state index in [-0.39, 0.29) is 0 Å². The summed E-state index contributed by atoms with van der Waals surface area (Å²) in [6, 6.07) is 24.1. The SMILES string of the molecule is c1ccc2cc(-c3cc4c5ccncc5n5c6cnccc6c(c3)c45)ccc2c1. The van der Waals surface area contributed by atoms with Crippen LogP contribution in [0.4, 0.5) is 0 Å². The summed E-state index contributed by atoms with van der Waals surface area (Å²) in [6.45, 7) is 0. The molecule has 7 rings (SSSR count). The molecule has 0 fully saturated rings. The van der Waals surface area contributed by atoms with E-state index in [1.54, 1.807) is 0 Å². The topological polar surface area (TPSA) is 30.2 Å². The van der Waals surface area contributed by atoms with Crippen molar-refractivity contribution in [1.29, 1.82) is 0 Å². The molecule has 0 saturated carbocycles. The number of fused-ring (bicyclic) bond motifs is 7. The molecule has 134 valence electrons. The van der Waals surface area contributed by atoms with E-state index >= 15 is 0 Å². The first-order valence-corrected chi connectivity index (χ1v) is 9.75. The molecule has 0 aliphatic carbocycles. The second kappa shape index (κ2) is 5.30. The summed E-state index contributed by atoms with van der Waals surface area (Å²) < 4.78 is 2.31. The van der Waals surface area contributed by atoms with E-state index in [1.807, 2.05) is 24.8 Å². The Labute approximate surface area is 166 Å². The molecule has 3 nitrogen and oxygen atoms in total. The minimum Gasteiger partial charge on any atom is -0.305 e. The van der Waals surface area contributed by atoms with Gasteiger partial charge < -0.3 is 4.40 Å². The van der Waals surface area contributed by atoms with Gasteiger partial charge in [0, 0.05) is 33.9 Å². The van der Waals surface area contributed by atoms with Crippen LogP contribution in [0.15, 0.2) is 91.5 Å². The molecule has 29 heavy (non-hydrogen) atoms. The number of aromatic nitrogens is 3. The van der Waals surface area contributed by atoms with Crippen LogP contribution < -0.4 is 0 Å². The molecule has 0 bridgehead atoms. The predicted octanol–water partition coefficient (Wildman–Crippen LogP) is 6.45. The Hall–Kier alpha value is -3.98. The van der Waals surface area contributed by atoms with Crippen molar-refractivity contribution < 1.29 is 0 Å². The van der Waals surface area contributed by atoms with Gasteiger partial charge in [0.15, 0.2) is 0 Å². The van der Waals surface area contributed by atoms with Crippen molar-refractivity contribution in [2.45, 2.75) is 0 Å². The summed E-state index contributed by atoms with van der Waals surface area (Å²) in [5.74, 6) is 0. The molecule has 0 spiro atoms. The molecule has 0 unspecified atom stereocenters. The van der Waals surface area contributed by atoms with Crippen molar-refractivity contribution >= 4 is 48.9 Å². The maximum absolute atomic E-state index is 4.39. The van der Waals surface area contributed by atoms with Crippen LogP contribution >= 0.6 is 0 Å². The van der Waals surface area contributed by atoms with Gasteiger partial charge in [-0.05, 0) is 52.2 Å². The first-order chi connectivity index (χ1) is 14.4. The van der Waals surface area contributed by atoms with Crippen molar-refractivity contribution in [1.82, 2.24) is 14.4 Å². The highest BCUT2D eigenvalue weighted by Crippen LogP contribution is 2.41. The zero-order valence-corrected chi connectivity index (χ0v) is 15.5. The quantitative estimate of drug-likeness (QED) is 0.333. The Morgan fingerprint density at radius 1 is 0.552 bits per heavy atom. The van der Waals surface area contributed by atoms with Gasteiger partial charge >= 0.3 is 0 Å². The van der Waals surface area contributed by atoms with Gasteiger partial charge in [-0.3, -0.25) is 9.97 Å². The van der Waals surface area contributed by atoms with Crippen LogP contribution in [-0.4, -0.2) is 14.4 Å². The Bertz CT molecular complexity index is 1630. The van der Waals surface area contributed by atoms with Gasteiger partial charge in [0.2, 0.25) is 0 Å². The molecule has 0 aliphatic heterocycles. The van der Waals surface area contributed by atoms with Gasteiger partial charge in [-0.15, -0.1) is 0 Å². The molecule has 0 saturated heterocycles. The van der Waals surface area contributed by atoms with Crippen LogP contribution in [0.5, 0.6) is 0 Å². The fraction of sp³-hybridized carbons (Fsp3) is 0. The largest absolute Gasteiger partial charge is 0.305 e. The highest BCUT2D eigenvalue weighted by Gasteiger charge is 2.18. The number of nitrogens with zero attached hydrogens (tertiary/aromatic N) is 3. The molecule has 0 atom stereocenters. The van der Waals surface area contributed by atoms with Gasteiger partial charge in [0.1, 0.15) is 0 Å². The van der Waals surface area contributed by atoms with Crippen LogP contribution in [0.2, 0.25) is 0 Å². The molecular weight excluding hydrogens is 354 g/mol. The van der Waals surface area contributed by atoms with Gasteiger partial charge in [-0.25, -0.2) is 0 Å². The van der Waals surface area contributed by atoms with Crippen LogP contribution in [0.3, 0.4) is 0 Å². The van der Waals surface area contributed by atoms with Crippen LogP contribution in [-0.2, 0) is 0 Å². The first kappa shape index (κ1) is 15.0. The summed E-state index contributed by atoms with van der Waals surface area (Å²) >= 11 is 0. The van der Waals surface area contributed by atoms with Gasteiger partial charge in [0.05, 0.1) is 28.9 Å². The van der Waals surface area contributed by atoms with E-state index in [0.717, 1.165) is 11.0 Å². The number of pyridine rings is 2. The molecule has 0 radical (unpaired) electrons. The van der Waals surface area contributed by atoms with Gasteiger partial charge in [-0.1, -0.05) is 36.4 Å². The lowest BCUT2D eigenvalue weighted by molar-refractivity contribution is 1.27. The normalized spacial score (nSPS) is 12.1. The minimum absolute atomic E-state index is 1.13. The third-order valence-electron chi connectivity index (χ3n) is 6.08. The third-order valence-corrected chi connectivity index (χ3v) is 6.08. The third kappa shape index (κ3) is 1.91. The standard InChI is InChI=1S/C26H15N3/c1-2-4-17-11-18(6-5-16(17)3-1)19-12-22-20-7-9-27-14-24(20)29-25-15-28-10-8-21(25)23(13-19)26(22)29/h1-15H. The maximum atomic E-state index is 4.39. The van der Waals surface area contributed by atoms with E-state index in [1.165, 1.54) is 49.0 Å². The van der Waals surface area contributed by atoms with Crippen LogP contribution in [0.1, 0.15) is 0 Å². The summed E-state index contributed by atoms with van der Waals surface area (Å²) in [4.78, 5) is 8.77. The number of hydrogen-bond acceptors (Lipinski definition) is 2. The van der Waals surface area contributed by atoms with Crippen molar-refractivity contribution in [3.8, 4) is 11.1 Å². The number of hydrogen-bond donors (Lipinski definition) is 0. The molecule has 0 aliphatic rings. The Morgan fingerprint density at radius 2 is 1.21 bits per heavy atom. The monoisotopic (exact) mass is 369 g/mol. The fourth-order valence-corrected chi connectivity index (χ4v) is 4.78. The van der Waals surface area contributed by atoms with Crippen molar-refractivity contribution in [2.24, 2.45) is 0 Å². The first-order valence-electron chi connectivity index (χ1n) is 9.75. The average molecular weight is 369 g/mol. The minimum atomic E-state index is 1.13. The Morgan fingerprint density at radius 3 is 1.90 bits per heavy atom. The molecule has 4 aromatic heterocycles. The second-order valence-electron chi connectivity index (χ2n) is 7.60. The van der Waals surface area contributed by atoms with Crippen molar-refractivity contribution in [3.05, 3.63) is 91.5 Å². The highest BCUT2D eigenvalue weighted by atomic mass is 14.9. The van der Waals surface area contributed by atoms with E-state index in [4.69, 9.17) is 0 Å². The van der Waals surface area contributed by atoms with Gasteiger partial charge in [-0.2, -0.15) is 0 Å².